The van der Waals surface area contributed by atoms with Crippen LogP contribution in [0.2, 0.25) is 0 Å². The maximum Gasteiger partial charge on any atom is 0.130 e. The SMILES string of the molecule is Nc1ncnc2c1CCN(CCCc1ccccc1)C2. The Morgan fingerprint density at radius 2 is 2.00 bits per heavy atom. The number of anilines is 1. The molecule has 2 heterocycles. The van der Waals surface area contributed by atoms with Crippen LogP contribution in [0.5, 0.6) is 0 Å². The van der Waals surface area contributed by atoms with E-state index in [1.165, 1.54) is 12.0 Å². The standard InChI is InChI=1S/C16H20N4/c17-16-14-8-10-20(11-15(14)18-12-19-16)9-4-7-13-5-2-1-3-6-13/h1-3,5-6,12H,4,7-11H2,(H2,17,18,19). The molecule has 0 fully saturated rings. The van der Waals surface area contributed by atoms with Crippen molar-refractivity contribution in [1.82, 2.24) is 14.9 Å². The summed E-state index contributed by atoms with van der Waals surface area (Å²) < 4.78 is 0. The number of aryl methyl sites for hydroxylation is 1. The van der Waals surface area contributed by atoms with Crippen LogP contribution in [-0.2, 0) is 19.4 Å². The molecule has 1 aromatic carbocycles. The molecule has 4 nitrogen and oxygen atoms in total. The predicted octanol–water partition coefficient (Wildman–Crippen LogP) is 2.05. The van der Waals surface area contributed by atoms with Gasteiger partial charge >= 0.3 is 0 Å². The van der Waals surface area contributed by atoms with Crippen LogP contribution in [0.25, 0.3) is 0 Å². The van der Waals surface area contributed by atoms with Gasteiger partial charge in [0, 0.05) is 18.7 Å². The van der Waals surface area contributed by atoms with Crippen molar-refractivity contribution in [3.05, 3.63) is 53.5 Å². The van der Waals surface area contributed by atoms with Crippen molar-refractivity contribution in [3.8, 4) is 0 Å². The number of benzene rings is 1. The van der Waals surface area contributed by atoms with Gasteiger partial charge in [0.05, 0.1) is 5.69 Å². The first kappa shape index (κ1) is 13.1. The molecule has 0 amide bonds. The number of nitrogens with two attached hydrogens (primary N) is 1. The van der Waals surface area contributed by atoms with E-state index >= 15 is 0 Å². The van der Waals surface area contributed by atoms with Gasteiger partial charge in [0.2, 0.25) is 0 Å². The quantitative estimate of drug-likeness (QED) is 0.922. The van der Waals surface area contributed by atoms with E-state index in [1.807, 2.05) is 0 Å². The summed E-state index contributed by atoms with van der Waals surface area (Å²) in [5.74, 6) is 0.652. The van der Waals surface area contributed by atoms with E-state index in [-0.39, 0.29) is 0 Å². The molecule has 1 aromatic heterocycles. The van der Waals surface area contributed by atoms with E-state index in [1.54, 1.807) is 6.33 Å². The molecule has 3 rings (SSSR count). The van der Waals surface area contributed by atoms with Gasteiger partial charge in [0.25, 0.3) is 0 Å². The molecule has 0 radical (unpaired) electrons. The van der Waals surface area contributed by atoms with Crippen LogP contribution < -0.4 is 5.73 Å². The molecule has 2 aromatic rings. The molecule has 1 aliphatic rings. The van der Waals surface area contributed by atoms with E-state index in [4.69, 9.17) is 5.73 Å². The molecule has 20 heavy (non-hydrogen) atoms. The van der Waals surface area contributed by atoms with Gasteiger partial charge in [-0.1, -0.05) is 30.3 Å². The van der Waals surface area contributed by atoms with Gasteiger partial charge in [-0.15, -0.1) is 0 Å². The predicted molar refractivity (Wildman–Crippen MR) is 80.2 cm³/mol. The summed E-state index contributed by atoms with van der Waals surface area (Å²) in [5, 5.41) is 0. The van der Waals surface area contributed by atoms with E-state index < -0.39 is 0 Å². The van der Waals surface area contributed by atoms with Gasteiger partial charge in [0.1, 0.15) is 12.1 Å². The first-order chi connectivity index (χ1) is 9.83. The lowest BCUT2D eigenvalue weighted by molar-refractivity contribution is 0.247. The molecule has 2 N–H and O–H groups in total. The Kier molecular flexibility index (Phi) is 3.92. The zero-order valence-corrected chi connectivity index (χ0v) is 11.6. The summed E-state index contributed by atoms with van der Waals surface area (Å²) in [6, 6.07) is 10.7. The van der Waals surface area contributed by atoms with E-state index in [0.29, 0.717) is 5.82 Å². The van der Waals surface area contributed by atoms with Gasteiger partial charge in [-0.2, -0.15) is 0 Å². The highest BCUT2D eigenvalue weighted by Crippen LogP contribution is 2.20. The van der Waals surface area contributed by atoms with E-state index in [9.17, 15) is 0 Å². The average Bonchev–Trinajstić information content (AvgIpc) is 2.48. The first-order valence-electron chi connectivity index (χ1n) is 7.17. The van der Waals surface area contributed by atoms with Crippen molar-refractivity contribution in [2.24, 2.45) is 0 Å². The van der Waals surface area contributed by atoms with Crippen LogP contribution in [0.3, 0.4) is 0 Å². The number of nitrogen functional groups attached to an aromatic ring is 1. The highest BCUT2D eigenvalue weighted by molar-refractivity contribution is 5.42. The molecule has 1 aliphatic heterocycles. The lowest BCUT2D eigenvalue weighted by Gasteiger charge is -2.28. The number of hydrogen-bond acceptors (Lipinski definition) is 4. The number of aromatic nitrogens is 2. The lowest BCUT2D eigenvalue weighted by atomic mass is 10.0. The first-order valence-corrected chi connectivity index (χ1v) is 7.17. The van der Waals surface area contributed by atoms with Crippen molar-refractivity contribution >= 4 is 5.82 Å². The molecule has 0 atom stereocenters. The van der Waals surface area contributed by atoms with Crippen molar-refractivity contribution in [2.75, 3.05) is 18.8 Å². The van der Waals surface area contributed by atoms with Crippen LogP contribution in [-0.4, -0.2) is 28.0 Å². The highest BCUT2D eigenvalue weighted by Gasteiger charge is 2.19. The highest BCUT2D eigenvalue weighted by atomic mass is 15.1. The topological polar surface area (TPSA) is 55.0 Å². The molecule has 0 spiro atoms. The molecule has 104 valence electrons. The van der Waals surface area contributed by atoms with E-state index in [0.717, 1.165) is 43.7 Å². The number of hydrogen-bond donors (Lipinski definition) is 1. The van der Waals surface area contributed by atoms with Crippen LogP contribution in [0, 0.1) is 0 Å². The third-order valence-electron chi connectivity index (χ3n) is 3.90. The Labute approximate surface area is 119 Å². The third-order valence-corrected chi connectivity index (χ3v) is 3.90. The largest absolute Gasteiger partial charge is 0.383 e. The number of fused-ring (bicyclic) bond motifs is 1. The molecular formula is C16H20N4. The Morgan fingerprint density at radius 1 is 1.15 bits per heavy atom. The van der Waals surface area contributed by atoms with Gasteiger partial charge in [-0.05, 0) is 31.4 Å². The summed E-state index contributed by atoms with van der Waals surface area (Å²) in [4.78, 5) is 10.9. The molecule has 0 bridgehead atoms. The minimum atomic E-state index is 0.652. The second kappa shape index (κ2) is 6.01. The van der Waals surface area contributed by atoms with Gasteiger partial charge in [-0.25, -0.2) is 9.97 Å². The molecule has 0 aliphatic carbocycles. The molecule has 0 saturated carbocycles. The molecule has 4 heteroatoms. The Balaban J connectivity index is 1.53. The van der Waals surface area contributed by atoms with Crippen LogP contribution in [0.1, 0.15) is 23.2 Å². The number of nitrogens with zero attached hydrogens (tertiary/aromatic N) is 3. The van der Waals surface area contributed by atoms with Crippen molar-refractivity contribution in [2.45, 2.75) is 25.8 Å². The summed E-state index contributed by atoms with van der Waals surface area (Å²) in [6.07, 6.45) is 4.85. The van der Waals surface area contributed by atoms with Gasteiger partial charge < -0.3 is 5.73 Å². The summed E-state index contributed by atoms with van der Waals surface area (Å²) in [5.41, 5.74) is 9.55. The minimum Gasteiger partial charge on any atom is -0.383 e. The van der Waals surface area contributed by atoms with Crippen molar-refractivity contribution in [3.63, 3.8) is 0 Å². The smallest absolute Gasteiger partial charge is 0.130 e. The summed E-state index contributed by atoms with van der Waals surface area (Å²) >= 11 is 0. The molecule has 0 unspecified atom stereocenters. The maximum atomic E-state index is 5.89. The molecule has 0 saturated heterocycles. The van der Waals surface area contributed by atoms with E-state index in [2.05, 4.69) is 45.2 Å². The van der Waals surface area contributed by atoms with Gasteiger partial charge in [0.15, 0.2) is 0 Å². The number of rotatable bonds is 4. The summed E-state index contributed by atoms with van der Waals surface area (Å²) in [7, 11) is 0. The third kappa shape index (κ3) is 2.96. The fourth-order valence-electron chi connectivity index (χ4n) is 2.78. The minimum absolute atomic E-state index is 0.652. The van der Waals surface area contributed by atoms with Crippen molar-refractivity contribution < 1.29 is 0 Å². The fourth-order valence-corrected chi connectivity index (χ4v) is 2.78. The Hall–Kier alpha value is -1.94. The second-order valence-electron chi connectivity index (χ2n) is 5.30. The van der Waals surface area contributed by atoms with Crippen LogP contribution in [0.4, 0.5) is 5.82 Å². The lowest BCUT2D eigenvalue weighted by Crippen LogP contribution is -2.32. The normalized spacial score (nSPS) is 15.0. The van der Waals surface area contributed by atoms with Gasteiger partial charge in [-0.3, -0.25) is 4.90 Å². The Morgan fingerprint density at radius 3 is 2.85 bits per heavy atom. The zero-order chi connectivity index (χ0) is 13.8. The maximum absolute atomic E-state index is 5.89. The summed E-state index contributed by atoms with van der Waals surface area (Å²) in [6.45, 7) is 3.06. The molecular weight excluding hydrogens is 248 g/mol. The zero-order valence-electron chi connectivity index (χ0n) is 11.6. The average molecular weight is 268 g/mol. The second-order valence-corrected chi connectivity index (χ2v) is 5.30. The van der Waals surface area contributed by atoms with Crippen molar-refractivity contribution in [1.29, 1.82) is 0 Å². The Bertz CT molecular complexity index is 568. The fraction of sp³-hybridized carbons (Fsp3) is 0.375. The van der Waals surface area contributed by atoms with Crippen LogP contribution in [0.15, 0.2) is 36.7 Å². The monoisotopic (exact) mass is 268 g/mol. The van der Waals surface area contributed by atoms with Crippen LogP contribution >= 0.6 is 0 Å².